The van der Waals surface area contributed by atoms with Crippen molar-refractivity contribution < 1.29 is 4.39 Å². The number of nitrogens with zero attached hydrogens (tertiary/aromatic N) is 2. The molecule has 0 aliphatic carbocycles. The summed E-state index contributed by atoms with van der Waals surface area (Å²) in [5.74, 6) is -0.744. The molecule has 16 heavy (non-hydrogen) atoms. The third-order valence-electron chi connectivity index (χ3n) is 2.37. The topological polar surface area (TPSA) is 58.6 Å². The number of pyridine rings is 1. The quantitative estimate of drug-likeness (QED) is 0.689. The van der Waals surface area contributed by atoms with Crippen molar-refractivity contribution in [2.24, 2.45) is 0 Å². The summed E-state index contributed by atoms with van der Waals surface area (Å²) in [5.41, 5.74) is -0.217. The third kappa shape index (κ3) is 1.68. The van der Waals surface area contributed by atoms with Gasteiger partial charge in [-0.3, -0.25) is 4.79 Å². The summed E-state index contributed by atoms with van der Waals surface area (Å²) in [4.78, 5) is 15.2. The van der Waals surface area contributed by atoms with E-state index in [1.165, 1.54) is 6.20 Å². The van der Waals surface area contributed by atoms with Gasteiger partial charge in [-0.15, -0.1) is 0 Å². The highest BCUT2D eigenvalue weighted by Crippen LogP contribution is 2.23. The molecule has 1 N–H and O–H groups in total. The average Bonchev–Trinajstić information content (AvgIpc) is 2.15. The molecular formula is C11H12FN3O. The van der Waals surface area contributed by atoms with Gasteiger partial charge in [0.25, 0.3) is 5.56 Å². The number of hydrogen-bond acceptors (Lipinski definition) is 3. The molecule has 0 bridgehead atoms. The van der Waals surface area contributed by atoms with Crippen LogP contribution >= 0.6 is 0 Å². The van der Waals surface area contributed by atoms with E-state index in [-0.39, 0.29) is 10.8 Å². The summed E-state index contributed by atoms with van der Waals surface area (Å²) < 4.78 is 13.7. The number of rotatable bonds is 0. The fourth-order valence-corrected chi connectivity index (χ4v) is 1.46. The highest BCUT2D eigenvalue weighted by atomic mass is 19.1. The Hall–Kier alpha value is -1.78. The molecule has 0 fully saturated rings. The van der Waals surface area contributed by atoms with Crippen LogP contribution in [0, 0.1) is 5.95 Å². The zero-order valence-corrected chi connectivity index (χ0v) is 9.34. The predicted molar refractivity (Wildman–Crippen MR) is 58.8 cm³/mol. The number of aromatic nitrogens is 3. The molecule has 0 aliphatic rings. The van der Waals surface area contributed by atoms with Gasteiger partial charge in [-0.05, 0) is 6.07 Å². The van der Waals surface area contributed by atoms with Crippen molar-refractivity contribution in [1.29, 1.82) is 0 Å². The Kier molecular flexibility index (Phi) is 2.26. The maximum atomic E-state index is 13.7. The lowest BCUT2D eigenvalue weighted by Gasteiger charge is -2.17. The van der Waals surface area contributed by atoms with Gasteiger partial charge in [-0.25, -0.2) is 10.1 Å². The molecule has 0 atom stereocenters. The second-order valence-electron chi connectivity index (χ2n) is 4.71. The number of aromatic amines is 1. The molecule has 0 unspecified atom stereocenters. The smallest absolute Gasteiger partial charge is 0.267 e. The Morgan fingerprint density at radius 1 is 1.38 bits per heavy atom. The standard InChI is InChI=1S/C11H12FN3O/c1-11(2,3)7-4-6-5-13-15-10(16)8(6)9(12)14-7/h4-5H,1-3H3,(H,15,16). The van der Waals surface area contributed by atoms with Crippen molar-refractivity contribution in [2.75, 3.05) is 0 Å². The van der Waals surface area contributed by atoms with Gasteiger partial charge in [-0.2, -0.15) is 9.49 Å². The van der Waals surface area contributed by atoms with Crippen LogP contribution in [0.5, 0.6) is 0 Å². The summed E-state index contributed by atoms with van der Waals surface area (Å²) in [6.07, 6.45) is 1.43. The fourth-order valence-electron chi connectivity index (χ4n) is 1.46. The number of hydrogen-bond donors (Lipinski definition) is 1. The van der Waals surface area contributed by atoms with Gasteiger partial charge in [0.05, 0.1) is 6.20 Å². The Balaban J connectivity index is 2.84. The van der Waals surface area contributed by atoms with E-state index in [1.54, 1.807) is 6.07 Å². The molecule has 2 rings (SSSR count). The Bertz CT molecular complexity index is 598. The summed E-state index contributed by atoms with van der Waals surface area (Å²) in [5, 5.41) is 6.27. The first kappa shape index (κ1) is 10.7. The van der Waals surface area contributed by atoms with Crippen LogP contribution < -0.4 is 5.56 Å². The van der Waals surface area contributed by atoms with Crippen molar-refractivity contribution >= 4 is 10.8 Å². The van der Waals surface area contributed by atoms with Crippen molar-refractivity contribution in [3.63, 3.8) is 0 Å². The molecule has 4 nitrogen and oxygen atoms in total. The van der Waals surface area contributed by atoms with Crippen LogP contribution in [-0.2, 0) is 5.41 Å². The lowest BCUT2D eigenvalue weighted by molar-refractivity contribution is 0.530. The minimum Gasteiger partial charge on any atom is -0.267 e. The van der Waals surface area contributed by atoms with E-state index in [0.29, 0.717) is 11.1 Å². The van der Waals surface area contributed by atoms with E-state index in [0.717, 1.165) is 0 Å². The van der Waals surface area contributed by atoms with E-state index in [1.807, 2.05) is 20.8 Å². The summed E-state index contributed by atoms with van der Waals surface area (Å²) in [6, 6.07) is 1.70. The largest absolute Gasteiger partial charge is 0.276 e. The van der Waals surface area contributed by atoms with E-state index >= 15 is 0 Å². The summed E-state index contributed by atoms with van der Waals surface area (Å²) in [7, 11) is 0. The molecular weight excluding hydrogens is 209 g/mol. The predicted octanol–water partition coefficient (Wildman–Crippen LogP) is 1.75. The number of fused-ring (bicyclic) bond motifs is 1. The molecule has 2 aromatic rings. The highest BCUT2D eigenvalue weighted by Gasteiger charge is 2.19. The van der Waals surface area contributed by atoms with Crippen LogP contribution in [0.4, 0.5) is 4.39 Å². The molecule has 0 aliphatic heterocycles. The Labute approximate surface area is 91.5 Å². The number of halogens is 1. The van der Waals surface area contributed by atoms with Crippen molar-refractivity contribution in [3.05, 3.63) is 34.3 Å². The van der Waals surface area contributed by atoms with Gasteiger partial charge < -0.3 is 0 Å². The molecule has 2 aromatic heterocycles. The SMILES string of the molecule is CC(C)(C)c1cc2cn[nH]c(=O)c2c(F)n1. The molecule has 0 amide bonds. The van der Waals surface area contributed by atoms with Crippen LogP contribution in [0.1, 0.15) is 26.5 Å². The van der Waals surface area contributed by atoms with Gasteiger partial charge in [0.2, 0.25) is 5.95 Å². The molecule has 0 radical (unpaired) electrons. The van der Waals surface area contributed by atoms with Crippen molar-refractivity contribution in [2.45, 2.75) is 26.2 Å². The maximum absolute atomic E-state index is 13.7. The van der Waals surface area contributed by atoms with Crippen LogP contribution in [0.3, 0.4) is 0 Å². The minimum absolute atomic E-state index is 0.0389. The lowest BCUT2D eigenvalue weighted by Crippen LogP contribution is -2.17. The molecule has 84 valence electrons. The first-order chi connectivity index (χ1) is 7.39. The van der Waals surface area contributed by atoms with E-state index in [4.69, 9.17) is 0 Å². The lowest BCUT2D eigenvalue weighted by atomic mass is 9.91. The van der Waals surface area contributed by atoms with Crippen LogP contribution in [0.15, 0.2) is 17.1 Å². The molecule has 0 saturated heterocycles. The molecule has 0 aromatic carbocycles. The third-order valence-corrected chi connectivity index (χ3v) is 2.37. The normalized spacial score (nSPS) is 12.0. The molecule has 0 saturated carbocycles. The van der Waals surface area contributed by atoms with Gasteiger partial charge in [-0.1, -0.05) is 20.8 Å². The first-order valence-electron chi connectivity index (χ1n) is 4.94. The summed E-state index contributed by atoms with van der Waals surface area (Å²) in [6.45, 7) is 5.80. The first-order valence-corrected chi connectivity index (χ1v) is 4.94. The Morgan fingerprint density at radius 3 is 2.69 bits per heavy atom. The second kappa shape index (κ2) is 3.37. The minimum atomic E-state index is -0.744. The van der Waals surface area contributed by atoms with Crippen LogP contribution in [-0.4, -0.2) is 15.2 Å². The zero-order chi connectivity index (χ0) is 11.9. The van der Waals surface area contributed by atoms with E-state index < -0.39 is 11.5 Å². The monoisotopic (exact) mass is 221 g/mol. The van der Waals surface area contributed by atoms with Gasteiger partial charge in [0, 0.05) is 16.5 Å². The zero-order valence-electron chi connectivity index (χ0n) is 9.34. The number of nitrogens with one attached hydrogen (secondary N) is 1. The van der Waals surface area contributed by atoms with Gasteiger partial charge in [0.1, 0.15) is 5.39 Å². The van der Waals surface area contributed by atoms with Gasteiger partial charge >= 0.3 is 0 Å². The fraction of sp³-hybridized carbons (Fsp3) is 0.364. The van der Waals surface area contributed by atoms with Crippen molar-refractivity contribution in [1.82, 2.24) is 15.2 Å². The van der Waals surface area contributed by atoms with Crippen molar-refractivity contribution in [3.8, 4) is 0 Å². The number of H-pyrrole nitrogens is 1. The maximum Gasteiger partial charge on any atom is 0.276 e. The average molecular weight is 221 g/mol. The molecule has 2 heterocycles. The Morgan fingerprint density at radius 2 is 2.06 bits per heavy atom. The van der Waals surface area contributed by atoms with Gasteiger partial charge in [0.15, 0.2) is 0 Å². The van der Waals surface area contributed by atoms with E-state index in [9.17, 15) is 9.18 Å². The van der Waals surface area contributed by atoms with E-state index in [2.05, 4.69) is 15.2 Å². The van der Waals surface area contributed by atoms with Crippen LogP contribution in [0.25, 0.3) is 10.8 Å². The second-order valence-corrected chi connectivity index (χ2v) is 4.71. The molecule has 0 spiro atoms. The molecule has 5 heteroatoms. The highest BCUT2D eigenvalue weighted by molar-refractivity contribution is 5.80. The van der Waals surface area contributed by atoms with Crippen LogP contribution in [0.2, 0.25) is 0 Å². The summed E-state index contributed by atoms with van der Waals surface area (Å²) >= 11 is 0.